The maximum atomic E-state index is 14.3. The third-order valence-electron chi connectivity index (χ3n) is 6.49. The molecule has 0 amide bonds. The van der Waals surface area contributed by atoms with E-state index < -0.39 is 54.9 Å². The molecule has 0 bridgehead atoms. The lowest BCUT2D eigenvalue weighted by Gasteiger charge is -2.44. The molecule has 5 atom stereocenters. The first-order valence-corrected chi connectivity index (χ1v) is 12.5. The van der Waals surface area contributed by atoms with Gasteiger partial charge in [-0.1, -0.05) is 36.4 Å². The molecule has 1 aromatic heterocycles. The SMILES string of the molecule is CO[C@H]1OC(CF)[C@@H](OC(=O)c2ccccc2)[C@H](OC(=O)c2ccccc2)C1Nc1ccc2ccc(=O)oc2c1. The van der Waals surface area contributed by atoms with Gasteiger partial charge in [0.2, 0.25) is 0 Å². The first-order valence-electron chi connectivity index (χ1n) is 12.5. The van der Waals surface area contributed by atoms with Crippen molar-refractivity contribution in [2.45, 2.75) is 30.6 Å². The second-order valence-corrected chi connectivity index (χ2v) is 9.08. The van der Waals surface area contributed by atoms with E-state index >= 15 is 0 Å². The summed E-state index contributed by atoms with van der Waals surface area (Å²) in [7, 11) is 1.36. The van der Waals surface area contributed by atoms with Crippen molar-refractivity contribution in [1.29, 1.82) is 0 Å². The minimum Gasteiger partial charge on any atom is -0.452 e. The summed E-state index contributed by atoms with van der Waals surface area (Å²) in [4.78, 5) is 38.0. The molecule has 3 aromatic carbocycles. The number of nitrogens with one attached hydrogen (secondary N) is 1. The quantitative estimate of drug-likeness (QED) is 0.254. The van der Waals surface area contributed by atoms with E-state index in [0.29, 0.717) is 16.7 Å². The summed E-state index contributed by atoms with van der Waals surface area (Å²) >= 11 is 0. The van der Waals surface area contributed by atoms with Crippen molar-refractivity contribution >= 4 is 28.6 Å². The van der Waals surface area contributed by atoms with Gasteiger partial charge in [0.15, 0.2) is 18.5 Å². The first-order chi connectivity index (χ1) is 19.5. The summed E-state index contributed by atoms with van der Waals surface area (Å²) in [6.07, 6.45) is -5.00. The van der Waals surface area contributed by atoms with Crippen LogP contribution in [0, 0.1) is 0 Å². The molecule has 2 heterocycles. The average molecular weight is 548 g/mol. The Labute approximate surface area is 228 Å². The maximum Gasteiger partial charge on any atom is 0.338 e. The fraction of sp³-hybridized carbons (Fsp3) is 0.233. The molecule has 10 heteroatoms. The number of esters is 2. The van der Waals surface area contributed by atoms with E-state index in [2.05, 4.69) is 5.32 Å². The Morgan fingerprint density at radius 2 is 1.45 bits per heavy atom. The lowest BCUT2D eigenvalue weighted by Crippen LogP contribution is -2.63. The van der Waals surface area contributed by atoms with Crippen molar-refractivity contribution in [2.75, 3.05) is 19.1 Å². The summed E-state index contributed by atoms with van der Waals surface area (Å²) in [5.41, 5.74) is 0.740. The van der Waals surface area contributed by atoms with Gasteiger partial charge in [0, 0.05) is 30.3 Å². The van der Waals surface area contributed by atoms with Crippen LogP contribution in [-0.4, -0.2) is 56.4 Å². The fourth-order valence-electron chi connectivity index (χ4n) is 4.54. The molecular weight excluding hydrogens is 521 g/mol. The topological polar surface area (TPSA) is 113 Å². The highest BCUT2D eigenvalue weighted by Crippen LogP contribution is 2.31. The highest BCUT2D eigenvalue weighted by atomic mass is 19.1. The maximum absolute atomic E-state index is 14.3. The van der Waals surface area contributed by atoms with E-state index in [4.69, 9.17) is 23.4 Å². The van der Waals surface area contributed by atoms with Crippen LogP contribution in [0.5, 0.6) is 0 Å². The minimum atomic E-state index is -1.34. The molecule has 9 nitrogen and oxygen atoms in total. The van der Waals surface area contributed by atoms with Gasteiger partial charge in [-0.25, -0.2) is 18.8 Å². The van der Waals surface area contributed by atoms with Crippen molar-refractivity contribution in [3.63, 3.8) is 0 Å². The Morgan fingerprint density at radius 3 is 2.05 bits per heavy atom. The number of anilines is 1. The van der Waals surface area contributed by atoms with E-state index in [0.717, 1.165) is 0 Å². The predicted molar refractivity (Wildman–Crippen MR) is 143 cm³/mol. The monoisotopic (exact) mass is 547 g/mol. The van der Waals surface area contributed by atoms with Gasteiger partial charge < -0.3 is 28.7 Å². The lowest BCUT2D eigenvalue weighted by atomic mass is 9.95. The Balaban J connectivity index is 1.52. The zero-order valence-corrected chi connectivity index (χ0v) is 21.4. The van der Waals surface area contributed by atoms with Crippen LogP contribution in [0.1, 0.15) is 20.7 Å². The standard InChI is InChI=1S/C30H26FNO8/c1-36-30-25(32-21-14-12-18-13-15-24(33)37-22(18)16-21)27(40-29(35)20-10-6-3-7-11-20)26(23(17-31)38-30)39-28(34)19-8-4-2-5-9-19/h2-16,23,25-27,30,32H,17H2,1H3/t23?,25?,26-,27-,30+/m1/s1. The van der Waals surface area contributed by atoms with Crippen LogP contribution >= 0.6 is 0 Å². The van der Waals surface area contributed by atoms with Gasteiger partial charge in [-0.15, -0.1) is 0 Å². The van der Waals surface area contributed by atoms with Gasteiger partial charge in [-0.2, -0.15) is 0 Å². The second kappa shape index (κ2) is 12.1. The summed E-state index contributed by atoms with van der Waals surface area (Å²) in [6, 6.07) is 23.4. The van der Waals surface area contributed by atoms with Crippen molar-refractivity contribution in [2.24, 2.45) is 0 Å². The summed E-state index contributed by atoms with van der Waals surface area (Å²) in [5, 5.41) is 3.87. The number of hydrogen-bond donors (Lipinski definition) is 1. The van der Waals surface area contributed by atoms with Crippen LogP contribution in [0.25, 0.3) is 11.0 Å². The molecule has 5 rings (SSSR count). The number of benzene rings is 3. The van der Waals surface area contributed by atoms with Crippen LogP contribution in [0.15, 0.2) is 100 Å². The van der Waals surface area contributed by atoms with E-state index in [1.54, 1.807) is 84.9 Å². The normalized spacial score (nSPS) is 22.4. The minimum absolute atomic E-state index is 0.233. The van der Waals surface area contributed by atoms with Crippen molar-refractivity contribution in [3.8, 4) is 0 Å². The predicted octanol–water partition coefficient (Wildman–Crippen LogP) is 4.37. The smallest absolute Gasteiger partial charge is 0.338 e. The highest BCUT2D eigenvalue weighted by Gasteiger charge is 2.51. The zero-order chi connectivity index (χ0) is 28.1. The molecule has 206 valence electrons. The van der Waals surface area contributed by atoms with Crippen LogP contribution in [0.2, 0.25) is 0 Å². The molecule has 2 unspecified atom stereocenters. The average Bonchev–Trinajstić information content (AvgIpc) is 2.99. The summed E-state index contributed by atoms with van der Waals surface area (Å²) in [6.45, 7) is -1.04. The highest BCUT2D eigenvalue weighted by molar-refractivity contribution is 5.90. The Kier molecular flexibility index (Phi) is 8.18. The molecule has 1 N–H and O–H groups in total. The zero-order valence-electron chi connectivity index (χ0n) is 21.4. The number of rotatable bonds is 8. The van der Waals surface area contributed by atoms with Crippen LogP contribution in [-0.2, 0) is 18.9 Å². The number of ether oxygens (including phenoxy) is 4. The van der Waals surface area contributed by atoms with Gasteiger partial charge in [-0.05, 0) is 42.5 Å². The van der Waals surface area contributed by atoms with Gasteiger partial charge in [0.1, 0.15) is 24.4 Å². The Bertz CT molecular complexity index is 1530. The number of hydrogen-bond acceptors (Lipinski definition) is 9. The van der Waals surface area contributed by atoms with Crippen molar-refractivity contribution in [3.05, 3.63) is 113 Å². The molecule has 4 aromatic rings. The number of carbonyl (C=O) groups excluding carboxylic acids is 2. The van der Waals surface area contributed by atoms with Gasteiger partial charge in [-0.3, -0.25) is 0 Å². The molecule has 0 radical (unpaired) electrons. The molecule has 1 fully saturated rings. The third-order valence-corrected chi connectivity index (χ3v) is 6.49. The molecule has 0 aliphatic carbocycles. The molecule has 40 heavy (non-hydrogen) atoms. The van der Waals surface area contributed by atoms with Crippen LogP contribution < -0.4 is 10.9 Å². The Morgan fingerprint density at radius 1 is 0.850 bits per heavy atom. The van der Waals surface area contributed by atoms with E-state index in [-0.39, 0.29) is 11.1 Å². The van der Waals surface area contributed by atoms with Crippen molar-refractivity contribution in [1.82, 2.24) is 0 Å². The molecule has 0 spiro atoms. The molecule has 1 aliphatic rings. The second-order valence-electron chi connectivity index (χ2n) is 9.08. The number of methoxy groups -OCH3 is 1. The summed E-state index contributed by atoms with van der Waals surface area (Å²) in [5.74, 6) is -1.45. The van der Waals surface area contributed by atoms with Gasteiger partial charge in [0.05, 0.1) is 11.1 Å². The van der Waals surface area contributed by atoms with E-state index in [1.807, 2.05) is 0 Å². The van der Waals surface area contributed by atoms with E-state index in [9.17, 15) is 18.8 Å². The van der Waals surface area contributed by atoms with E-state index in [1.165, 1.54) is 13.2 Å². The number of carbonyl (C=O) groups is 2. The Hall–Kier alpha value is -4.54. The van der Waals surface area contributed by atoms with Crippen LogP contribution in [0.4, 0.5) is 10.1 Å². The number of halogens is 1. The van der Waals surface area contributed by atoms with Crippen molar-refractivity contribution < 1.29 is 37.3 Å². The first kappa shape index (κ1) is 27.0. The molecule has 1 saturated heterocycles. The fourth-order valence-corrected chi connectivity index (χ4v) is 4.54. The lowest BCUT2D eigenvalue weighted by molar-refractivity contribution is -0.249. The molecular formula is C30H26FNO8. The molecule has 0 saturated carbocycles. The van der Waals surface area contributed by atoms with Crippen LogP contribution in [0.3, 0.4) is 0 Å². The summed E-state index contributed by atoms with van der Waals surface area (Å²) < 4.78 is 42.6. The third kappa shape index (κ3) is 5.88. The number of alkyl halides is 1. The molecule has 1 aliphatic heterocycles. The largest absolute Gasteiger partial charge is 0.452 e. The number of fused-ring (bicyclic) bond motifs is 1. The van der Waals surface area contributed by atoms with Gasteiger partial charge >= 0.3 is 17.6 Å². The van der Waals surface area contributed by atoms with Gasteiger partial charge in [0.25, 0.3) is 0 Å².